The number of amides is 1. The fourth-order valence-electron chi connectivity index (χ4n) is 3.42. The average Bonchev–Trinajstić information content (AvgIpc) is 2.81. The van der Waals surface area contributed by atoms with E-state index in [0.29, 0.717) is 18.3 Å². The largest absolute Gasteiger partial charge is 0.361 e. The van der Waals surface area contributed by atoms with Gasteiger partial charge in [-0.15, -0.1) is 0 Å². The molecule has 1 aromatic heterocycles. The zero-order valence-electron chi connectivity index (χ0n) is 12.2. The van der Waals surface area contributed by atoms with Gasteiger partial charge in [0.1, 0.15) is 0 Å². The Morgan fingerprint density at radius 3 is 2.70 bits per heavy atom. The highest BCUT2D eigenvalue weighted by molar-refractivity contribution is 5.88. The molecule has 0 bridgehead atoms. The summed E-state index contributed by atoms with van der Waals surface area (Å²) < 4.78 is 0. The number of nitrogens with zero attached hydrogens (tertiary/aromatic N) is 1. The van der Waals surface area contributed by atoms with E-state index in [4.69, 9.17) is 0 Å². The van der Waals surface area contributed by atoms with Crippen molar-refractivity contribution in [3.63, 3.8) is 0 Å². The molecule has 0 radical (unpaired) electrons. The molecule has 2 atom stereocenters. The second-order valence-electron chi connectivity index (χ2n) is 6.28. The zero-order chi connectivity index (χ0) is 14.1. The molecule has 0 spiro atoms. The van der Waals surface area contributed by atoms with Crippen molar-refractivity contribution in [2.75, 3.05) is 13.1 Å². The van der Waals surface area contributed by atoms with Crippen LogP contribution in [0.2, 0.25) is 0 Å². The molecule has 1 aliphatic rings. The molecule has 1 aromatic carbocycles. The number of aromatic nitrogens is 1. The fourth-order valence-corrected chi connectivity index (χ4v) is 3.42. The van der Waals surface area contributed by atoms with E-state index in [2.05, 4.69) is 24.9 Å². The molecular formula is C17H22N2O. The number of likely N-dealkylation sites (tertiary alicyclic amines) is 1. The summed E-state index contributed by atoms with van der Waals surface area (Å²) in [5.74, 6) is 1.49. The van der Waals surface area contributed by atoms with Gasteiger partial charge in [0.2, 0.25) is 5.91 Å². The van der Waals surface area contributed by atoms with E-state index in [1.807, 2.05) is 29.3 Å². The van der Waals surface area contributed by atoms with Crippen LogP contribution in [0.15, 0.2) is 30.5 Å². The summed E-state index contributed by atoms with van der Waals surface area (Å²) in [6.07, 6.45) is 3.71. The fraction of sp³-hybridized carbons (Fsp3) is 0.471. The van der Waals surface area contributed by atoms with Crippen molar-refractivity contribution < 1.29 is 4.79 Å². The van der Waals surface area contributed by atoms with Crippen LogP contribution in [0, 0.1) is 11.8 Å². The summed E-state index contributed by atoms with van der Waals surface area (Å²) in [7, 11) is 0. The van der Waals surface area contributed by atoms with Gasteiger partial charge in [0.05, 0.1) is 6.42 Å². The van der Waals surface area contributed by atoms with E-state index in [1.165, 1.54) is 11.8 Å². The molecule has 1 fully saturated rings. The van der Waals surface area contributed by atoms with E-state index in [0.717, 1.165) is 24.2 Å². The van der Waals surface area contributed by atoms with Crippen molar-refractivity contribution in [2.45, 2.75) is 26.7 Å². The summed E-state index contributed by atoms with van der Waals surface area (Å²) >= 11 is 0. The molecule has 3 nitrogen and oxygen atoms in total. The number of hydrogen-bond acceptors (Lipinski definition) is 1. The van der Waals surface area contributed by atoms with E-state index in [9.17, 15) is 4.79 Å². The number of nitrogens with one attached hydrogen (secondary N) is 1. The minimum Gasteiger partial charge on any atom is -0.361 e. The molecular weight excluding hydrogens is 248 g/mol. The topological polar surface area (TPSA) is 36.1 Å². The van der Waals surface area contributed by atoms with Crippen molar-refractivity contribution in [1.82, 2.24) is 9.88 Å². The number of aromatic amines is 1. The molecule has 2 aromatic rings. The van der Waals surface area contributed by atoms with Crippen molar-refractivity contribution in [3.05, 3.63) is 36.0 Å². The van der Waals surface area contributed by atoms with Gasteiger partial charge >= 0.3 is 0 Å². The van der Waals surface area contributed by atoms with Crippen LogP contribution in [0.1, 0.15) is 25.8 Å². The summed E-state index contributed by atoms with van der Waals surface area (Å²) in [6.45, 7) is 6.29. The van der Waals surface area contributed by atoms with Crippen LogP contribution >= 0.6 is 0 Å². The molecule has 3 heteroatoms. The minimum absolute atomic E-state index is 0.258. The first-order valence-electron chi connectivity index (χ1n) is 7.46. The first-order valence-corrected chi connectivity index (χ1v) is 7.46. The number of hydrogen-bond donors (Lipinski definition) is 1. The number of fused-ring (bicyclic) bond motifs is 1. The molecule has 2 heterocycles. The Bertz CT molecular complexity index is 606. The van der Waals surface area contributed by atoms with Gasteiger partial charge in [-0.25, -0.2) is 0 Å². The van der Waals surface area contributed by atoms with Gasteiger partial charge < -0.3 is 9.88 Å². The molecule has 1 aliphatic heterocycles. The summed E-state index contributed by atoms with van der Waals surface area (Å²) in [6, 6.07) is 8.16. The van der Waals surface area contributed by atoms with Crippen molar-refractivity contribution >= 4 is 16.8 Å². The lowest BCUT2D eigenvalue weighted by Gasteiger charge is -2.35. The molecule has 0 saturated carbocycles. The average molecular weight is 270 g/mol. The number of benzene rings is 1. The normalized spacial score (nSPS) is 23.2. The molecule has 3 rings (SSSR count). The predicted molar refractivity (Wildman–Crippen MR) is 81.5 cm³/mol. The van der Waals surface area contributed by atoms with Gasteiger partial charge in [0.25, 0.3) is 0 Å². The second-order valence-corrected chi connectivity index (χ2v) is 6.28. The summed E-state index contributed by atoms with van der Waals surface area (Å²) in [5, 5.41) is 1.17. The third kappa shape index (κ3) is 2.58. The van der Waals surface area contributed by atoms with Crippen molar-refractivity contribution in [2.24, 2.45) is 11.8 Å². The Morgan fingerprint density at radius 2 is 1.95 bits per heavy atom. The quantitative estimate of drug-likeness (QED) is 0.893. The van der Waals surface area contributed by atoms with Crippen molar-refractivity contribution in [3.8, 4) is 0 Å². The van der Waals surface area contributed by atoms with Gasteiger partial charge in [-0.05, 0) is 29.9 Å². The molecule has 1 amide bonds. The standard InChI is InChI=1S/C17H22N2O/c1-12-7-13(2)11-19(10-12)17(20)8-14-9-18-16-6-4-3-5-15(14)16/h3-6,9,12-13,18H,7-8,10-11H2,1-2H3. The molecule has 2 unspecified atom stereocenters. The number of rotatable bonds is 2. The number of carbonyl (C=O) groups is 1. The number of carbonyl (C=O) groups excluding carboxylic acids is 1. The first-order chi connectivity index (χ1) is 9.63. The van der Waals surface area contributed by atoms with Gasteiger partial charge in [0.15, 0.2) is 0 Å². The third-order valence-electron chi connectivity index (χ3n) is 4.24. The highest BCUT2D eigenvalue weighted by Crippen LogP contribution is 2.23. The SMILES string of the molecule is CC1CC(C)CN(C(=O)Cc2c[nH]c3ccccc23)C1. The van der Waals surface area contributed by atoms with Gasteiger partial charge in [0, 0.05) is 30.2 Å². The predicted octanol–water partition coefficient (Wildman–Crippen LogP) is 3.21. The molecule has 106 valence electrons. The van der Waals surface area contributed by atoms with Crippen LogP contribution in [-0.2, 0) is 11.2 Å². The Labute approximate surface area is 120 Å². The van der Waals surface area contributed by atoms with Crippen LogP contribution in [0.25, 0.3) is 10.9 Å². The Balaban J connectivity index is 1.75. The molecule has 1 saturated heterocycles. The molecule has 0 aliphatic carbocycles. The van der Waals surface area contributed by atoms with Gasteiger partial charge in [-0.3, -0.25) is 4.79 Å². The minimum atomic E-state index is 0.258. The monoisotopic (exact) mass is 270 g/mol. The maximum Gasteiger partial charge on any atom is 0.227 e. The van der Waals surface area contributed by atoms with Crippen LogP contribution < -0.4 is 0 Å². The maximum absolute atomic E-state index is 12.5. The van der Waals surface area contributed by atoms with E-state index in [1.54, 1.807) is 0 Å². The zero-order valence-corrected chi connectivity index (χ0v) is 12.2. The van der Waals surface area contributed by atoms with E-state index < -0.39 is 0 Å². The molecule has 1 N–H and O–H groups in total. The van der Waals surface area contributed by atoms with Crippen molar-refractivity contribution in [1.29, 1.82) is 0 Å². The lowest BCUT2D eigenvalue weighted by molar-refractivity contribution is -0.133. The van der Waals surface area contributed by atoms with Crippen LogP contribution in [-0.4, -0.2) is 28.9 Å². The highest BCUT2D eigenvalue weighted by atomic mass is 16.2. The summed E-state index contributed by atoms with van der Waals surface area (Å²) in [5.41, 5.74) is 2.21. The van der Waals surface area contributed by atoms with E-state index in [-0.39, 0.29) is 5.91 Å². The Kier molecular flexibility index (Phi) is 3.51. The Hall–Kier alpha value is -1.77. The van der Waals surface area contributed by atoms with Crippen LogP contribution in [0.3, 0.4) is 0 Å². The smallest absolute Gasteiger partial charge is 0.227 e. The van der Waals surface area contributed by atoms with E-state index >= 15 is 0 Å². The number of para-hydroxylation sites is 1. The lowest BCUT2D eigenvalue weighted by atomic mass is 9.91. The molecule has 20 heavy (non-hydrogen) atoms. The Morgan fingerprint density at radius 1 is 1.25 bits per heavy atom. The number of piperidine rings is 1. The first kappa shape index (κ1) is 13.2. The van der Waals surface area contributed by atoms with Gasteiger partial charge in [-0.1, -0.05) is 32.0 Å². The summed E-state index contributed by atoms with van der Waals surface area (Å²) in [4.78, 5) is 17.8. The van der Waals surface area contributed by atoms with Gasteiger partial charge in [-0.2, -0.15) is 0 Å². The third-order valence-corrected chi connectivity index (χ3v) is 4.24. The van der Waals surface area contributed by atoms with Crippen LogP contribution in [0.5, 0.6) is 0 Å². The van der Waals surface area contributed by atoms with Crippen LogP contribution in [0.4, 0.5) is 0 Å². The maximum atomic E-state index is 12.5. The number of H-pyrrole nitrogens is 1. The second kappa shape index (κ2) is 5.31. The lowest BCUT2D eigenvalue weighted by Crippen LogP contribution is -2.43. The highest BCUT2D eigenvalue weighted by Gasteiger charge is 2.25.